The van der Waals surface area contributed by atoms with Crippen molar-refractivity contribution in [1.82, 2.24) is 14.8 Å². The van der Waals surface area contributed by atoms with Gasteiger partial charge in [-0.3, -0.25) is 4.68 Å². The molecule has 0 aliphatic rings. The fourth-order valence-corrected chi connectivity index (χ4v) is 2.66. The van der Waals surface area contributed by atoms with E-state index in [1.54, 1.807) is 4.68 Å². The van der Waals surface area contributed by atoms with Gasteiger partial charge in [0.25, 0.3) is 9.05 Å². The summed E-state index contributed by atoms with van der Waals surface area (Å²) in [6.45, 7) is 4.26. The quantitative estimate of drug-likeness (QED) is 0.787. The second-order valence-corrected chi connectivity index (χ2v) is 6.96. The minimum absolute atomic E-state index is 0.0775. The molecule has 0 saturated heterocycles. The average molecular weight is 330 g/mol. The van der Waals surface area contributed by atoms with Crippen molar-refractivity contribution < 1.29 is 13.2 Å². The standard InChI is InChI=1S/C13H16ClN3O3S/c1-4-9-6-12(16-17(9)3)11-7-10(21(14,18)19)8-15-13(11)20-5-2/h6-8H,4-5H2,1-3H3. The zero-order valence-corrected chi connectivity index (χ0v) is 13.6. The van der Waals surface area contributed by atoms with Crippen molar-refractivity contribution in [2.75, 3.05) is 6.61 Å². The number of rotatable bonds is 5. The van der Waals surface area contributed by atoms with Gasteiger partial charge in [0.2, 0.25) is 5.88 Å². The summed E-state index contributed by atoms with van der Waals surface area (Å²) in [4.78, 5) is 3.96. The minimum atomic E-state index is -3.85. The third-order valence-electron chi connectivity index (χ3n) is 3.00. The van der Waals surface area contributed by atoms with Gasteiger partial charge in [-0.1, -0.05) is 6.92 Å². The van der Waals surface area contributed by atoms with Crippen LogP contribution in [0.5, 0.6) is 5.88 Å². The van der Waals surface area contributed by atoms with E-state index in [-0.39, 0.29) is 4.90 Å². The molecule has 2 aromatic heterocycles. The number of aromatic nitrogens is 3. The Balaban J connectivity index is 2.62. The van der Waals surface area contributed by atoms with Crippen LogP contribution in [0.2, 0.25) is 0 Å². The highest BCUT2D eigenvalue weighted by molar-refractivity contribution is 8.13. The molecule has 0 spiro atoms. The van der Waals surface area contributed by atoms with Gasteiger partial charge in [-0.05, 0) is 25.5 Å². The minimum Gasteiger partial charge on any atom is -0.477 e. The van der Waals surface area contributed by atoms with Gasteiger partial charge in [0.15, 0.2) is 0 Å². The van der Waals surface area contributed by atoms with Crippen molar-refractivity contribution in [3.63, 3.8) is 0 Å². The summed E-state index contributed by atoms with van der Waals surface area (Å²) in [5.74, 6) is 0.335. The predicted octanol–water partition coefficient (Wildman–Crippen LogP) is 2.37. The molecule has 0 N–H and O–H groups in total. The Morgan fingerprint density at radius 3 is 2.57 bits per heavy atom. The molecule has 2 heterocycles. The third-order valence-corrected chi connectivity index (χ3v) is 4.32. The Bertz CT molecular complexity index is 756. The molecular weight excluding hydrogens is 314 g/mol. The van der Waals surface area contributed by atoms with E-state index >= 15 is 0 Å². The Labute approximate surface area is 128 Å². The molecule has 0 radical (unpaired) electrons. The Morgan fingerprint density at radius 1 is 1.33 bits per heavy atom. The Morgan fingerprint density at radius 2 is 2.05 bits per heavy atom. The molecule has 8 heteroatoms. The van der Waals surface area contributed by atoms with Gasteiger partial charge in [-0.15, -0.1) is 0 Å². The van der Waals surface area contributed by atoms with Gasteiger partial charge in [0.05, 0.1) is 24.1 Å². The van der Waals surface area contributed by atoms with Crippen LogP contribution in [0.15, 0.2) is 23.2 Å². The van der Waals surface area contributed by atoms with E-state index in [0.717, 1.165) is 12.1 Å². The van der Waals surface area contributed by atoms with E-state index in [2.05, 4.69) is 10.1 Å². The SMILES string of the molecule is CCOc1ncc(S(=O)(=O)Cl)cc1-c1cc(CC)n(C)n1. The summed E-state index contributed by atoms with van der Waals surface area (Å²) in [6.07, 6.45) is 1.99. The van der Waals surface area contributed by atoms with E-state index in [4.69, 9.17) is 15.4 Å². The molecule has 0 fully saturated rings. The molecule has 2 rings (SSSR count). The maximum Gasteiger partial charge on any atom is 0.262 e. The second kappa shape index (κ2) is 6.03. The van der Waals surface area contributed by atoms with Crippen LogP contribution in [0, 0.1) is 0 Å². The van der Waals surface area contributed by atoms with Crippen LogP contribution in [0.1, 0.15) is 19.5 Å². The van der Waals surface area contributed by atoms with E-state index in [1.165, 1.54) is 12.3 Å². The Kier molecular flexibility index (Phi) is 4.53. The average Bonchev–Trinajstić information content (AvgIpc) is 2.79. The van der Waals surface area contributed by atoms with Gasteiger partial charge < -0.3 is 4.74 Å². The summed E-state index contributed by atoms with van der Waals surface area (Å²) in [5.41, 5.74) is 2.13. The number of halogens is 1. The van der Waals surface area contributed by atoms with Crippen molar-refractivity contribution in [2.45, 2.75) is 25.2 Å². The topological polar surface area (TPSA) is 74.1 Å². The summed E-state index contributed by atoms with van der Waals surface area (Å²) in [6, 6.07) is 3.31. The highest BCUT2D eigenvalue weighted by atomic mass is 35.7. The van der Waals surface area contributed by atoms with E-state index < -0.39 is 9.05 Å². The molecule has 0 unspecified atom stereocenters. The van der Waals surface area contributed by atoms with Crippen LogP contribution < -0.4 is 4.74 Å². The fraction of sp³-hybridized carbons (Fsp3) is 0.385. The number of hydrogen-bond donors (Lipinski definition) is 0. The lowest BCUT2D eigenvalue weighted by Gasteiger charge is -2.08. The van der Waals surface area contributed by atoms with E-state index in [0.29, 0.717) is 23.7 Å². The van der Waals surface area contributed by atoms with Crippen LogP contribution in [0.3, 0.4) is 0 Å². The van der Waals surface area contributed by atoms with E-state index in [1.807, 2.05) is 27.0 Å². The van der Waals surface area contributed by atoms with Gasteiger partial charge in [0, 0.05) is 23.4 Å². The fourth-order valence-electron chi connectivity index (χ4n) is 1.97. The first-order chi connectivity index (χ1) is 9.86. The molecule has 0 aliphatic carbocycles. The molecule has 0 aromatic carbocycles. The third kappa shape index (κ3) is 3.36. The molecule has 0 atom stereocenters. The van der Waals surface area contributed by atoms with Gasteiger partial charge >= 0.3 is 0 Å². The molecule has 114 valence electrons. The zero-order valence-electron chi connectivity index (χ0n) is 12.0. The predicted molar refractivity (Wildman–Crippen MR) is 80.0 cm³/mol. The van der Waals surface area contributed by atoms with Crippen LogP contribution in [0.25, 0.3) is 11.3 Å². The highest BCUT2D eigenvalue weighted by Crippen LogP contribution is 2.31. The van der Waals surface area contributed by atoms with Gasteiger partial charge in [-0.25, -0.2) is 13.4 Å². The summed E-state index contributed by atoms with van der Waals surface area (Å²) in [7, 11) is 3.35. The summed E-state index contributed by atoms with van der Waals surface area (Å²) in [5, 5.41) is 4.38. The monoisotopic (exact) mass is 329 g/mol. The molecule has 0 amide bonds. The first-order valence-corrected chi connectivity index (χ1v) is 8.78. The lowest BCUT2D eigenvalue weighted by Crippen LogP contribution is -2.01. The lowest BCUT2D eigenvalue weighted by molar-refractivity contribution is 0.328. The molecule has 0 aliphatic heterocycles. The maximum atomic E-state index is 11.5. The number of nitrogens with zero attached hydrogens (tertiary/aromatic N) is 3. The Hall–Kier alpha value is -1.60. The van der Waals surface area contributed by atoms with E-state index in [9.17, 15) is 8.42 Å². The molecule has 0 saturated carbocycles. The highest BCUT2D eigenvalue weighted by Gasteiger charge is 2.18. The van der Waals surface area contributed by atoms with Gasteiger partial charge in [0.1, 0.15) is 4.90 Å². The van der Waals surface area contributed by atoms with Gasteiger partial charge in [-0.2, -0.15) is 5.10 Å². The first kappa shape index (κ1) is 15.8. The van der Waals surface area contributed by atoms with Crippen LogP contribution in [-0.4, -0.2) is 29.8 Å². The van der Waals surface area contributed by atoms with Crippen molar-refractivity contribution in [3.8, 4) is 17.1 Å². The molecule has 21 heavy (non-hydrogen) atoms. The second-order valence-electron chi connectivity index (χ2n) is 4.39. The number of pyridine rings is 1. The number of ether oxygens (including phenoxy) is 1. The van der Waals surface area contributed by atoms with Crippen molar-refractivity contribution in [2.24, 2.45) is 7.05 Å². The molecular formula is C13H16ClN3O3S. The van der Waals surface area contributed by atoms with Crippen LogP contribution >= 0.6 is 10.7 Å². The van der Waals surface area contributed by atoms with Crippen molar-refractivity contribution in [3.05, 3.63) is 24.0 Å². The summed E-state index contributed by atoms with van der Waals surface area (Å²) >= 11 is 0. The van der Waals surface area contributed by atoms with Crippen molar-refractivity contribution in [1.29, 1.82) is 0 Å². The molecule has 6 nitrogen and oxygen atoms in total. The first-order valence-electron chi connectivity index (χ1n) is 6.47. The zero-order chi connectivity index (χ0) is 15.6. The number of hydrogen-bond acceptors (Lipinski definition) is 5. The maximum absolute atomic E-state index is 11.5. The normalized spacial score (nSPS) is 11.6. The van der Waals surface area contributed by atoms with Crippen molar-refractivity contribution >= 4 is 19.7 Å². The summed E-state index contributed by atoms with van der Waals surface area (Å²) < 4.78 is 30.1. The smallest absolute Gasteiger partial charge is 0.262 e. The van der Waals surface area contributed by atoms with Crippen LogP contribution in [0.4, 0.5) is 0 Å². The molecule has 2 aromatic rings. The van der Waals surface area contributed by atoms with Crippen LogP contribution in [-0.2, 0) is 22.5 Å². The number of aryl methyl sites for hydroxylation is 2. The lowest BCUT2D eigenvalue weighted by atomic mass is 10.2. The largest absolute Gasteiger partial charge is 0.477 e. The molecule has 0 bridgehead atoms.